The molecule has 1 aliphatic rings. The molecule has 2 aromatic carbocycles. The lowest BCUT2D eigenvalue weighted by Gasteiger charge is -2.23. The third kappa shape index (κ3) is 3.25. The predicted octanol–water partition coefficient (Wildman–Crippen LogP) is 3.38. The maximum Gasteiger partial charge on any atom is 0.271 e. The van der Waals surface area contributed by atoms with Crippen LogP contribution in [0.1, 0.15) is 23.3 Å². The lowest BCUT2D eigenvalue weighted by atomic mass is 10.1. The normalized spacial score (nSPS) is 16.3. The number of hydrogen-bond donors (Lipinski definition) is 2. The molecule has 4 aromatic rings. The van der Waals surface area contributed by atoms with E-state index in [1.54, 1.807) is 24.3 Å². The van der Waals surface area contributed by atoms with E-state index >= 15 is 0 Å². The summed E-state index contributed by atoms with van der Waals surface area (Å²) in [4.78, 5) is 47.0. The molecule has 1 fully saturated rings. The number of nitrogens with zero attached hydrogens (tertiary/aromatic N) is 2. The number of hydrogen-bond acceptors (Lipinski definition) is 5. The summed E-state index contributed by atoms with van der Waals surface area (Å²) < 4.78 is 0.987. The highest BCUT2D eigenvalue weighted by molar-refractivity contribution is 7.22. The second kappa shape index (κ2) is 7.38. The van der Waals surface area contributed by atoms with Crippen molar-refractivity contribution in [2.45, 2.75) is 18.9 Å². The first kappa shape index (κ1) is 18.5. The van der Waals surface area contributed by atoms with Gasteiger partial charge in [0.15, 0.2) is 5.13 Å². The average molecular weight is 418 g/mol. The zero-order valence-corrected chi connectivity index (χ0v) is 16.7. The fraction of sp³-hybridized carbons (Fsp3) is 0.182. The fourth-order valence-electron chi connectivity index (χ4n) is 3.88. The lowest BCUT2D eigenvalue weighted by molar-refractivity contribution is -0.119. The predicted molar refractivity (Wildman–Crippen MR) is 117 cm³/mol. The summed E-state index contributed by atoms with van der Waals surface area (Å²) in [6.07, 6.45) is 1.29. The topological polar surface area (TPSA) is 95.2 Å². The van der Waals surface area contributed by atoms with Crippen LogP contribution in [0.5, 0.6) is 0 Å². The molecule has 1 aliphatic heterocycles. The second-order valence-corrected chi connectivity index (χ2v) is 8.26. The minimum Gasteiger partial charge on any atom is -0.325 e. The number of anilines is 1. The molecular weight excluding hydrogens is 400 g/mol. The van der Waals surface area contributed by atoms with Crippen LogP contribution >= 0.6 is 11.3 Å². The molecule has 5 rings (SSSR count). The van der Waals surface area contributed by atoms with Gasteiger partial charge in [0.2, 0.25) is 5.91 Å². The summed E-state index contributed by atoms with van der Waals surface area (Å²) in [5.41, 5.74) is 0.704. The van der Waals surface area contributed by atoms with Crippen molar-refractivity contribution in [3.8, 4) is 0 Å². The number of aromatic amines is 1. The first-order chi connectivity index (χ1) is 14.6. The van der Waals surface area contributed by atoms with Crippen LogP contribution in [0.15, 0.2) is 59.4 Å². The van der Waals surface area contributed by atoms with Gasteiger partial charge in [-0.05, 0) is 42.5 Å². The smallest absolute Gasteiger partial charge is 0.271 e. The number of carbonyl (C=O) groups is 2. The van der Waals surface area contributed by atoms with Crippen molar-refractivity contribution in [3.05, 3.63) is 70.6 Å². The standard InChI is InChI=1S/C22H18N4O3S/c27-19-14-7-2-1-6-13(14)12-16(23-19)21(29)26-11-5-9-17(26)20(28)25-22-24-15-8-3-4-10-18(15)30-22/h1-4,6-8,10,12,17H,5,9,11H2,(H,23,27)(H,24,25,28). The maximum absolute atomic E-state index is 13.1. The summed E-state index contributed by atoms with van der Waals surface area (Å²) in [7, 11) is 0. The van der Waals surface area contributed by atoms with E-state index in [1.165, 1.54) is 16.2 Å². The summed E-state index contributed by atoms with van der Waals surface area (Å²) in [6.45, 7) is 0.464. The Bertz CT molecular complexity index is 1310. The van der Waals surface area contributed by atoms with Gasteiger partial charge in [-0.3, -0.25) is 14.4 Å². The van der Waals surface area contributed by atoms with Crippen LogP contribution in [0.3, 0.4) is 0 Å². The van der Waals surface area contributed by atoms with Crippen LogP contribution in [-0.2, 0) is 4.79 Å². The Kier molecular flexibility index (Phi) is 4.55. The number of benzene rings is 2. The molecule has 0 spiro atoms. The van der Waals surface area contributed by atoms with Gasteiger partial charge >= 0.3 is 0 Å². The van der Waals surface area contributed by atoms with E-state index in [-0.39, 0.29) is 23.1 Å². The molecule has 2 amide bonds. The number of pyridine rings is 1. The van der Waals surface area contributed by atoms with Crippen LogP contribution in [0.25, 0.3) is 21.0 Å². The first-order valence-electron chi connectivity index (χ1n) is 9.69. The minimum atomic E-state index is -0.598. The van der Waals surface area contributed by atoms with Gasteiger partial charge in [-0.1, -0.05) is 41.7 Å². The van der Waals surface area contributed by atoms with Gasteiger partial charge in [-0.2, -0.15) is 0 Å². The number of amides is 2. The Labute approximate surface area is 175 Å². The number of aromatic nitrogens is 2. The Morgan fingerprint density at radius 1 is 1.13 bits per heavy atom. The number of H-pyrrole nitrogens is 1. The van der Waals surface area contributed by atoms with E-state index in [0.717, 1.165) is 16.6 Å². The van der Waals surface area contributed by atoms with Gasteiger partial charge in [0.05, 0.1) is 10.2 Å². The molecular formula is C22H18N4O3S. The maximum atomic E-state index is 13.1. The van der Waals surface area contributed by atoms with Crippen LogP contribution in [0.4, 0.5) is 5.13 Å². The number of fused-ring (bicyclic) bond motifs is 2. The van der Waals surface area contributed by atoms with Crippen molar-refractivity contribution in [2.24, 2.45) is 0 Å². The van der Waals surface area contributed by atoms with Crippen molar-refractivity contribution in [3.63, 3.8) is 0 Å². The summed E-state index contributed by atoms with van der Waals surface area (Å²) in [6, 6.07) is 15.8. The zero-order valence-electron chi connectivity index (χ0n) is 15.9. The fourth-order valence-corrected chi connectivity index (χ4v) is 4.75. The largest absolute Gasteiger partial charge is 0.325 e. The molecule has 7 nitrogen and oxygen atoms in total. The summed E-state index contributed by atoms with van der Waals surface area (Å²) in [5.74, 6) is -0.608. The van der Waals surface area contributed by atoms with E-state index in [9.17, 15) is 14.4 Å². The van der Waals surface area contributed by atoms with Gasteiger partial charge in [0, 0.05) is 11.9 Å². The number of carbonyl (C=O) groups excluding carboxylic acids is 2. The van der Waals surface area contributed by atoms with Crippen molar-refractivity contribution < 1.29 is 9.59 Å². The average Bonchev–Trinajstić information content (AvgIpc) is 3.40. The third-order valence-corrected chi connectivity index (χ3v) is 6.28. The van der Waals surface area contributed by atoms with Crippen LogP contribution in [0.2, 0.25) is 0 Å². The molecule has 0 saturated carbocycles. The van der Waals surface area contributed by atoms with Crippen molar-refractivity contribution in [1.82, 2.24) is 14.9 Å². The van der Waals surface area contributed by atoms with Gasteiger partial charge in [-0.15, -0.1) is 0 Å². The Morgan fingerprint density at radius 2 is 1.93 bits per heavy atom. The van der Waals surface area contributed by atoms with Gasteiger partial charge in [0.1, 0.15) is 11.7 Å². The molecule has 150 valence electrons. The Hall–Kier alpha value is -3.52. The summed E-state index contributed by atoms with van der Waals surface area (Å²) in [5, 5.41) is 4.59. The quantitative estimate of drug-likeness (QED) is 0.533. The van der Waals surface area contributed by atoms with Crippen LogP contribution in [0, 0.1) is 0 Å². The summed E-state index contributed by atoms with van der Waals surface area (Å²) >= 11 is 1.40. The second-order valence-electron chi connectivity index (χ2n) is 7.23. The Balaban J connectivity index is 1.39. The molecule has 2 N–H and O–H groups in total. The van der Waals surface area contributed by atoms with Crippen LogP contribution in [-0.4, -0.2) is 39.3 Å². The van der Waals surface area contributed by atoms with Gasteiger partial charge in [-0.25, -0.2) is 4.98 Å². The molecule has 8 heteroatoms. The SMILES string of the molecule is O=C(Nc1nc2ccccc2s1)C1CCCN1C(=O)c1cc2ccccc2c(=O)[nH]1. The molecule has 0 bridgehead atoms. The third-order valence-electron chi connectivity index (χ3n) is 5.32. The number of thiazole rings is 1. The molecule has 0 aliphatic carbocycles. The zero-order chi connectivity index (χ0) is 20.7. The van der Waals surface area contributed by atoms with Crippen molar-refractivity contribution in [2.75, 3.05) is 11.9 Å². The molecule has 0 radical (unpaired) electrons. The molecule has 3 heterocycles. The highest BCUT2D eigenvalue weighted by atomic mass is 32.1. The molecule has 30 heavy (non-hydrogen) atoms. The molecule has 1 saturated heterocycles. The van der Waals surface area contributed by atoms with Crippen molar-refractivity contribution >= 4 is 49.3 Å². The number of likely N-dealkylation sites (tertiary alicyclic amines) is 1. The lowest BCUT2D eigenvalue weighted by Crippen LogP contribution is -2.43. The molecule has 1 unspecified atom stereocenters. The number of rotatable bonds is 3. The van der Waals surface area contributed by atoms with Gasteiger partial charge < -0.3 is 15.2 Å². The monoisotopic (exact) mass is 418 g/mol. The molecule has 2 aromatic heterocycles. The first-order valence-corrected chi connectivity index (χ1v) is 10.5. The Morgan fingerprint density at radius 3 is 2.80 bits per heavy atom. The van der Waals surface area contributed by atoms with Crippen molar-refractivity contribution in [1.29, 1.82) is 0 Å². The highest BCUT2D eigenvalue weighted by Crippen LogP contribution is 2.27. The van der Waals surface area contributed by atoms with Crippen LogP contribution < -0.4 is 10.9 Å². The van der Waals surface area contributed by atoms with E-state index in [4.69, 9.17) is 0 Å². The van der Waals surface area contributed by atoms with E-state index in [2.05, 4.69) is 15.3 Å². The van der Waals surface area contributed by atoms with Gasteiger partial charge in [0.25, 0.3) is 11.5 Å². The number of nitrogens with one attached hydrogen (secondary N) is 2. The minimum absolute atomic E-state index is 0.193. The van der Waals surface area contributed by atoms with E-state index in [0.29, 0.717) is 28.9 Å². The molecule has 1 atom stereocenters. The number of para-hydroxylation sites is 1. The highest BCUT2D eigenvalue weighted by Gasteiger charge is 2.35. The van der Waals surface area contributed by atoms with E-state index in [1.807, 2.05) is 30.3 Å². The van der Waals surface area contributed by atoms with E-state index < -0.39 is 6.04 Å².